The second kappa shape index (κ2) is 6.89. The maximum atomic E-state index is 8.35. The minimum atomic E-state index is -2.11. The van der Waals surface area contributed by atoms with Crippen LogP contribution in [-0.2, 0) is 0 Å². The van der Waals surface area contributed by atoms with E-state index in [1.807, 2.05) is 74.5 Å². The van der Waals surface area contributed by atoms with E-state index in [4.69, 9.17) is 9.90 Å². The van der Waals surface area contributed by atoms with Gasteiger partial charge in [0.2, 0.25) is 0 Å². The summed E-state index contributed by atoms with van der Waals surface area (Å²) in [6.45, 7) is 1.61. The molecule has 29 heavy (non-hydrogen) atoms. The molecule has 3 aromatic carbocycles. The Morgan fingerprint density at radius 1 is 0.897 bits per heavy atom. The van der Waals surface area contributed by atoms with Crippen LogP contribution in [0, 0.1) is 6.85 Å². The van der Waals surface area contributed by atoms with E-state index >= 15 is 0 Å². The predicted molar refractivity (Wildman–Crippen MR) is 121 cm³/mol. The summed E-state index contributed by atoms with van der Waals surface area (Å²) in [6.07, 6.45) is 1.74. The Hall–Kier alpha value is -3.39. The number of aryl methyl sites for hydroxylation is 1. The molecule has 0 radical (unpaired) electrons. The van der Waals surface area contributed by atoms with E-state index in [1.165, 1.54) is 0 Å². The smallest absolute Gasteiger partial charge is 0.144 e. The molecule has 2 heteroatoms. The number of nitrogens with zero attached hydrogens (tertiary/aromatic N) is 1. The number of aromatic nitrogens is 1. The van der Waals surface area contributed by atoms with Gasteiger partial charge in [-0.05, 0) is 59.8 Å². The van der Waals surface area contributed by atoms with E-state index in [-0.39, 0.29) is 0 Å². The highest BCUT2D eigenvalue weighted by molar-refractivity contribution is 6.10. The first-order chi connectivity index (χ1) is 15.6. The van der Waals surface area contributed by atoms with Gasteiger partial charge < -0.3 is 4.42 Å². The Morgan fingerprint density at radius 3 is 2.52 bits per heavy atom. The second-order valence-corrected chi connectivity index (χ2v) is 7.50. The first kappa shape index (κ1) is 13.7. The van der Waals surface area contributed by atoms with E-state index in [2.05, 4.69) is 4.98 Å². The Bertz CT molecular complexity index is 1470. The minimum absolute atomic E-state index is 0.325. The first-order valence-electron chi connectivity index (χ1n) is 11.6. The molecule has 0 bridgehead atoms. The van der Waals surface area contributed by atoms with Crippen LogP contribution in [0.15, 0.2) is 83.4 Å². The average Bonchev–Trinajstić information content (AvgIpc) is 3.16. The summed E-state index contributed by atoms with van der Waals surface area (Å²) in [4.78, 5) is 4.55. The van der Waals surface area contributed by atoms with Gasteiger partial charge in [-0.1, -0.05) is 61.9 Å². The SMILES string of the molecule is [2H]C([2H])([2H])c1ccc(-c2ccc3c(c2)oc2c(-c4cc(C([2H])(C)C)ccn4)cccc23)cc1. The van der Waals surface area contributed by atoms with Gasteiger partial charge in [0.25, 0.3) is 0 Å². The maximum absolute atomic E-state index is 8.35. The van der Waals surface area contributed by atoms with Crippen molar-refractivity contribution in [3.05, 3.63) is 90.1 Å². The lowest BCUT2D eigenvalue weighted by molar-refractivity contribution is 0.670. The lowest BCUT2D eigenvalue weighted by Crippen LogP contribution is -1.90. The van der Waals surface area contributed by atoms with Gasteiger partial charge in [-0.2, -0.15) is 0 Å². The van der Waals surface area contributed by atoms with Crippen LogP contribution in [0.5, 0.6) is 0 Å². The van der Waals surface area contributed by atoms with Gasteiger partial charge in [-0.25, -0.2) is 0 Å². The molecule has 142 valence electrons. The van der Waals surface area contributed by atoms with Crippen LogP contribution in [0.2, 0.25) is 0 Å². The van der Waals surface area contributed by atoms with Crippen molar-refractivity contribution in [3.8, 4) is 22.4 Å². The zero-order valence-corrected chi connectivity index (χ0v) is 16.4. The zero-order chi connectivity index (χ0) is 23.4. The van der Waals surface area contributed by atoms with Crippen molar-refractivity contribution in [1.29, 1.82) is 0 Å². The standard InChI is InChI=1S/C27H23NO/c1-17(2)20-13-14-28-25(15-20)24-6-4-5-23-22-12-11-21(16-26(22)29-27(23)24)19-9-7-18(3)8-10-19/h4-17H,1-3H3/i3D3,17D. The van der Waals surface area contributed by atoms with Crippen LogP contribution in [0.25, 0.3) is 44.3 Å². The highest BCUT2D eigenvalue weighted by Gasteiger charge is 2.14. The van der Waals surface area contributed by atoms with Gasteiger partial charge >= 0.3 is 0 Å². The Morgan fingerprint density at radius 2 is 1.72 bits per heavy atom. The number of hydrogen-bond acceptors (Lipinski definition) is 2. The third-order valence-electron chi connectivity index (χ3n) is 5.33. The molecule has 2 aromatic heterocycles. The van der Waals surface area contributed by atoms with E-state index < -0.39 is 12.7 Å². The molecule has 0 saturated heterocycles. The average molecular weight is 382 g/mol. The monoisotopic (exact) mass is 381 g/mol. The molecule has 0 N–H and O–H groups in total. The largest absolute Gasteiger partial charge is 0.455 e. The van der Waals surface area contributed by atoms with E-state index in [0.717, 1.165) is 49.9 Å². The van der Waals surface area contributed by atoms with Crippen LogP contribution >= 0.6 is 0 Å². The Kier molecular flexibility index (Phi) is 3.26. The summed E-state index contributed by atoms with van der Waals surface area (Å²) in [5.41, 5.74) is 6.28. The van der Waals surface area contributed by atoms with E-state index in [0.29, 0.717) is 5.56 Å². The summed E-state index contributed by atoms with van der Waals surface area (Å²) in [5, 5.41) is 2.01. The molecule has 5 aromatic rings. The summed E-state index contributed by atoms with van der Waals surface area (Å²) in [6, 6.07) is 22.8. The number of hydrogen-bond donors (Lipinski definition) is 0. The number of rotatable bonds is 3. The van der Waals surface area contributed by atoms with Crippen LogP contribution in [0.3, 0.4) is 0 Å². The fourth-order valence-electron chi connectivity index (χ4n) is 3.73. The fraction of sp³-hybridized carbons (Fsp3) is 0.148. The van der Waals surface area contributed by atoms with Crippen molar-refractivity contribution < 1.29 is 9.90 Å². The zero-order valence-electron chi connectivity index (χ0n) is 20.4. The molecule has 5 rings (SSSR count). The van der Waals surface area contributed by atoms with Crippen LogP contribution in [0.4, 0.5) is 0 Å². The molecule has 0 unspecified atom stereocenters. The highest BCUT2D eigenvalue weighted by Crippen LogP contribution is 2.37. The lowest BCUT2D eigenvalue weighted by atomic mass is 10.00. The van der Waals surface area contributed by atoms with Crippen LogP contribution < -0.4 is 0 Å². The fourth-order valence-corrected chi connectivity index (χ4v) is 3.73. The van der Waals surface area contributed by atoms with Crippen molar-refractivity contribution in [2.45, 2.75) is 26.6 Å². The van der Waals surface area contributed by atoms with Gasteiger partial charge in [-0.3, -0.25) is 4.98 Å². The summed E-state index contributed by atoms with van der Waals surface area (Å²) in [7, 11) is 0. The molecular formula is C27H23NO. The molecular weight excluding hydrogens is 354 g/mol. The minimum Gasteiger partial charge on any atom is -0.455 e. The summed E-state index contributed by atoms with van der Waals surface area (Å²) >= 11 is 0. The second-order valence-electron chi connectivity index (χ2n) is 7.50. The molecule has 0 saturated carbocycles. The Balaban J connectivity index is 1.62. The number of benzene rings is 3. The van der Waals surface area contributed by atoms with Crippen molar-refractivity contribution in [3.63, 3.8) is 0 Å². The predicted octanol–water partition coefficient (Wildman–Crippen LogP) is 7.75. The summed E-state index contributed by atoms with van der Waals surface area (Å²) in [5.74, 6) is -0.719. The lowest BCUT2D eigenvalue weighted by Gasteiger charge is -2.07. The molecule has 2 heterocycles. The van der Waals surface area contributed by atoms with Gasteiger partial charge in [0.15, 0.2) is 0 Å². The van der Waals surface area contributed by atoms with Gasteiger partial charge in [0.05, 0.1) is 5.69 Å². The number of furan rings is 1. The Labute approximate surface area is 176 Å². The number of fused-ring (bicyclic) bond motifs is 3. The quantitative estimate of drug-likeness (QED) is 0.319. The van der Waals surface area contributed by atoms with Crippen LogP contribution in [0.1, 0.15) is 36.4 Å². The molecule has 0 atom stereocenters. The van der Waals surface area contributed by atoms with Crippen molar-refractivity contribution >= 4 is 21.9 Å². The molecule has 0 aliphatic carbocycles. The topological polar surface area (TPSA) is 26.0 Å². The van der Waals surface area contributed by atoms with Gasteiger partial charge in [-0.15, -0.1) is 0 Å². The molecule has 0 amide bonds. The first-order valence-corrected chi connectivity index (χ1v) is 9.64. The molecule has 2 nitrogen and oxygen atoms in total. The van der Waals surface area contributed by atoms with Crippen molar-refractivity contribution in [2.24, 2.45) is 0 Å². The molecule has 0 aliphatic heterocycles. The van der Waals surface area contributed by atoms with Gasteiger partial charge in [0.1, 0.15) is 11.2 Å². The molecule has 0 aliphatic rings. The van der Waals surface area contributed by atoms with Crippen LogP contribution in [-0.4, -0.2) is 4.98 Å². The van der Waals surface area contributed by atoms with Gasteiger partial charge in [0, 0.05) is 28.0 Å². The van der Waals surface area contributed by atoms with Crippen molar-refractivity contribution in [1.82, 2.24) is 4.98 Å². The summed E-state index contributed by atoms with van der Waals surface area (Å²) < 4.78 is 37.4. The maximum Gasteiger partial charge on any atom is 0.144 e. The molecule has 0 fully saturated rings. The normalized spacial score (nSPS) is 14.4. The number of para-hydroxylation sites is 1. The number of pyridine rings is 1. The third-order valence-corrected chi connectivity index (χ3v) is 5.33. The van der Waals surface area contributed by atoms with Crippen molar-refractivity contribution in [2.75, 3.05) is 0 Å². The third kappa shape index (κ3) is 3.11. The van der Waals surface area contributed by atoms with E-state index in [1.54, 1.807) is 18.3 Å². The van der Waals surface area contributed by atoms with E-state index in [9.17, 15) is 0 Å². The molecule has 0 spiro atoms. The highest BCUT2D eigenvalue weighted by atomic mass is 16.3.